The van der Waals surface area contributed by atoms with E-state index < -0.39 is 0 Å². The Kier molecular flexibility index (Phi) is 16.5. The Morgan fingerprint density at radius 2 is 1.24 bits per heavy atom. The van der Waals surface area contributed by atoms with Gasteiger partial charge in [-0.2, -0.15) is 0 Å². The van der Waals surface area contributed by atoms with Crippen LogP contribution in [0.1, 0.15) is 12.8 Å². The molecule has 0 unspecified atom stereocenters. The third kappa shape index (κ3) is 13.4. The second kappa shape index (κ2) is 16.4. The number of halogens is 1. The fourth-order valence-electron chi connectivity index (χ4n) is 1.92. The van der Waals surface area contributed by atoms with E-state index in [1.54, 1.807) is 7.11 Å². The molecule has 1 saturated heterocycles. The van der Waals surface area contributed by atoms with Gasteiger partial charge in [-0.3, -0.25) is 0 Å². The fraction of sp³-hybridized carbons (Fsp3) is 1.00. The molecule has 0 saturated carbocycles. The predicted molar refractivity (Wildman–Crippen MR) is 83.4 cm³/mol. The first kappa shape index (κ1) is 21.0. The number of hydrogen-bond donors (Lipinski definition) is 1. The van der Waals surface area contributed by atoms with E-state index in [2.05, 4.69) is 5.32 Å². The highest BCUT2D eigenvalue weighted by Gasteiger charge is 2.12. The molecule has 1 heterocycles. The monoisotopic (exact) mass is 327 g/mol. The Morgan fingerprint density at radius 1 is 0.762 bits per heavy atom. The molecule has 0 aromatic rings. The highest BCUT2D eigenvalue weighted by atomic mass is 35.5. The van der Waals surface area contributed by atoms with Gasteiger partial charge >= 0.3 is 0 Å². The van der Waals surface area contributed by atoms with Gasteiger partial charge in [-0.25, -0.2) is 0 Å². The maximum atomic E-state index is 5.73. The van der Waals surface area contributed by atoms with Crippen LogP contribution in [0.3, 0.4) is 0 Å². The molecule has 1 aliphatic rings. The van der Waals surface area contributed by atoms with Crippen LogP contribution in [0.15, 0.2) is 0 Å². The average molecular weight is 328 g/mol. The Morgan fingerprint density at radius 3 is 1.76 bits per heavy atom. The van der Waals surface area contributed by atoms with Crippen molar-refractivity contribution < 1.29 is 23.7 Å². The molecule has 0 amide bonds. The first-order valence-electron chi connectivity index (χ1n) is 7.48. The van der Waals surface area contributed by atoms with Crippen molar-refractivity contribution in [3.8, 4) is 0 Å². The third-order valence-corrected chi connectivity index (χ3v) is 3.04. The van der Waals surface area contributed by atoms with Crippen molar-refractivity contribution in [2.75, 3.05) is 73.1 Å². The second-order valence-electron chi connectivity index (χ2n) is 4.65. The van der Waals surface area contributed by atoms with Crippen molar-refractivity contribution in [1.82, 2.24) is 5.32 Å². The first-order valence-corrected chi connectivity index (χ1v) is 7.48. The molecule has 0 spiro atoms. The van der Waals surface area contributed by atoms with E-state index in [4.69, 9.17) is 23.7 Å². The Labute approximate surface area is 134 Å². The summed E-state index contributed by atoms with van der Waals surface area (Å²) in [7, 11) is 1.66. The third-order valence-electron chi connectivity index (χ3n) is 3.04. The molecule has 1 fully saturated rings. The van der Waals surface area contributed by atoms with Crippen LogP contribution < -0.4 is 5.32 Å². The maximum absolute atomic E-state index is 5.73. The zero-order valence-electron chi connectivity index (χ0n) is 13.0. The molecule has 0 aromatic carbocycles. The summed E-state index contributed by atoms with van der Waals surface area (Å²) in [4.78, 5) is 0. The summed E-state index contributed by atoms with van der Waals surface area (Å²) in [5, 5.41) is 3.32. The summed E-state index contributed by atoms with van der Waals surface area (Å²) in [6.45, 7) is 7.07. The minimum atomic E-state index is 0. The zero-order valence-corrected chi connectivity index (χ0v) is 13.8. The summed E-state index contributed by atoms with van der Waals surface area (Å²) in [5.74, 6) is 0. The summed E-state index contributed by atoms with van der Waals surface area (Å²) >= 11 is 0. The van der Waals surface area contributed by atoms with E-state index in [1.807, 2.05) is 0 Å². The molecule has 0 radical (unpaired) electrons. The molecule has 21 heavy (non-hydrogen) atoms. The molecule has 0 bridgehead atoms. The molecule has 128 valence electrons. The molecule has 7 heteroatoms. The SMILES string of the molecule is COCCOCCOCCOCCOC1CCNCC1.Cl. The molecule has 6 nitrogen and oxygen atoms in total. The normalized spacial score (nSPS) is 15.9. The van der Waals surface area contributed by atoms with Crippen LogP contribution >= 0.6 is 12.4 Å². The molecule has 1 N–H and O–H groups in total. The molecular formula is C14H30ClNO5. The Bertz CT molecular complexity index is 206. The van der Waals surface area contributed by atoms with Gasteiger partial charge in [0, 0.05) is 7.11 Å². The summed E-state index contributed by atoms with van der Waals surface area (Å²) < 4.78 is 26.7. The van der Waals surface area contributed by atoms with E-state index in [-0.39, 0.29) is 12.4 Å². The van der Waals surface area contributed by atoms with Crippen LogP contribution in [-0.2, 0) is 23.7 Å². The van der Waals surface area contributed by atoms with Crippen molar-refractivity contribution in [1.29, 1.82) is 0 Å². The van der Waals surface area contributed by atoms with Gasteiger partial charge in [0.25, 0.3) is 0 Å². The van der Waals surface area contributed by atoms with Crippen molar-refractivity contribution >= 4 is 12.4 Å². The van der Waals surface area contributed by atoms with Gasteiger partial charge in [0.1, 0.15) is 0 Å². The van der Waals surface area contributed by atoms with E-state index in [0.29, 0.717) is 59.0 Å². The predicted octanol–water partition coefficient (Wildman–Crippen LogP) is 0.873. The van der Waals surface area contributed by atoms with Crippen LogP contribution in [0.25, 0.3) is 0 Å². The second-order valence-corrected chi connectivity index (χ2v) is 4.65. The Hall–Kier alpha value is 0.0500. The molecule has 0 atom stereocenters. The molecule has 1 aliphatic heterocycles. The van der Waals surface area contributed by atoms with Crippen LogP contribution in [0, 0.1) is 0 Å². The number of hydrogen-bond acceptors (Lipinski definition) is 6. The lowest BCUT2D eigenvalue weighted by atomic mass is 10.1. The quantitative estimate of drug-likeness (QED) is 0.507. The maximum Gasteiger partial charge on any atom is 0.0704 e. The van der Waals surface area contributed by atoms with E-state index >= 15 is 0 Å². The van der Waals surface area contributed by atoms with Gasteiger partial charge in [0.2, 0.25) is 0 Å². The molecular weight excluding hydrogens is 298 g/mol. The summed E-state index contributed by atoms with van der Waals surface area (Å²) in [5.41, 5.74) is 0. The lowest BCUT2D eigenvalue weighted by Gasteiger charge is -2.22. The van der Waals surface area contributed by atoms with Crippen LogP contribution in [0.2, 0.25) is 0 Å². The van der Waals surface area contributed by atoms with E-state index in [0.717, 1.165) is 25.9 Å². The number of rotatable bonds is 13. The van der Waals surface area contributed by atoms with Crippen LogP contribution in [-0.4, -0.2) is 79.2 Å². The van der Waals surface area contributed by atoms with Gasteiger partial charge in [0.15, 0.2) is 0 Å². The lowest BCUT2D eigenvalue weighted by Crippen LogP contribution is -2.33. The van der Waals surface area contributed by atoms with Crippen molar-refractivity contribution in [3.63, 3.8) is 0 Å². The fourth-order valence-corrected chi connectivity index (χ4v) is 1.92. The summed E-state index contributed by atoms with van der Waals surface area (Å²) in [6.07, 6.45) is 2.61. The number of methoxy groups -OCH3 is 1. The van der Waals surface area contributed by atoms with Gasteiger partial charge in [0.05, 0.1) is 59.0 Å². The average Bonchev–Trinajstić information content (AvgIpc) is 2.49. The standard InChI is InChI=1S/C14H29NO5.ClH/c1-16-6-7-17-8-9-18-10-11-19-12-13-20-14-2-4-15-5-3-14;/h14-15H,2-13H2,1H3;1H. The molecule has 1 rings (SSSR count). The van der Waals surface area contributed by atoms with Crippen LogP contribution in [0.4, 0.5) is 0 Å². The van der Waals surface area contributed by atoms with Gasteiger partial charge in [-0.1, -0.05) is 0 Å². The Balaban J connectivity index is 0.00000400. The highest BCUT2D eigenvalue weighted by molar-refractivity contribution is 5.85. The van der Waals surface area contributed by atoms with E-state index in [9.17, 15) is 0 Å². The van der Waals surface area contributed by atoms with Gasteiger partial charge in [-0.15, -0.1) is 12.4 Å². The van der Waals surface area contributed by atoms with Crippen molar-refractivity contribution in [2.24, 2.45) is 0 Å². The lowest BCUT2D eigenvalue weighted by molar-refractivity contribution is -0.0269. The molecule has 0 aliphatic carbocycles. The highest BCUT2D eigenvalue weighted by Crippen LogP contribution is 2.06. The van der Waals surface area contributed by atoms with Crippen molar-refractivity contribution in [2.45, 2.75) is 18.9 Å². The number of piperidine rings is 1. The van der Waals surface area contributed by atoms with Gasteiger partial charge < -0.3 is 29.0 Å². The molecule has 0 aromatic heterocycles. The minimum Gasteiger partial charge on any atom is -0.382 e. The topological polar surface area (TPSA) is 58.2 Å². The summed E-state index contributed by atoms with van der Waals surface area (Å²) in [6, 6.07) is 0. The first-order chi connectivity index (χ1) is 9.93. The number of ether oxygens (including phenoxy) is 5. The van der Waals surface area contributed by atoms with E-state index in [1.165, 1.54) is 0 Å². The zero-order chi connectivity index (χ0) is 14.3. The minimum absolute atomic E-state index is 0. The largest absolute Gasteiger partial charge is 0.382 e. The van der Waals surface area contributed by atoms with Gasteiger partial charge in [-0.05, 0) is 25.9 Å². The van der Waals surface area contributed by atoms with Crippen LogP contribution in [0.5, 0.6) is 0 Å². The smallest absolute Gasteiger partial charge is 0.0704 e. The van der Waals surface area contributed by atoms with Crippen molar-refractivity contribution in [3.05, 3.63) is 0 Å². The number of nitrogens with one attached hydrogen (secondary N) is 1.